The maximum Gasteiger partial charge on any atom is 0.307 e. The summed E-state index contributed by atoms with van der Waals surface area (Å²) in [6, 6.07) is 10.7. The normalized spacial score (nSPS) is 16.4. The minimum Gasteiger partial charge on any atom is -0.481 e. The van der Waals surface area contributed by atoms with Crippen LogP contribution in [0.5, 0.6) is 11.5 Å². The summed E-state index contributed by atoms with van der Waals surface area (Å²) in [5, 5.41) is 9.98. The number of thioether (sulfide) groups is 1. The van der Waals surface area contributed by atoms with Crippen LogP contribution in [0.4, 0.5) is 9.18 Å². The quantitative estimate of drug-likeness (QED) is 0.806. The highest BCUT2D eigenvalue weighted by atomic mass is 32.2. The lowest BCUT2D eigenvalue weighted by Gasteiger charge is -2.10. The Kier molecular flexibility index (Phi) is 5.22. The first-order chi connectivity index (χ1) is 12.4. The van der Waals surface area contributed by atoms with Crippen LogP contribution in [0.1, 0.15) is 11.1 Å². The molecular weight excluding hydrogens is 361 g/mol. The van der Waals surface area contributed by atoms with Crippen molar-refractivity contribution in [1.29, 1.82) is 0 Å². The Balaban J connectivity index is 1.67. The van der Waals surface area contributed by atoms with Gasteiger partial charge in [-0.2, -0.15) is 0 Å². The van der Waals surface area contributed by atoms with Crippen LogP contribution in [-0.2, 0) is 22.4 Å². The fourth-order valence-corrected chi connectivity index (χ4v) is 3.33. The van der Waals surface area contributed by atoms with E-state index in [0.29, 0.717) is 16.9 Å². The molecule has 2 amide bonds. The van der Waals surface area contributed by atoms with Gasteiger partial charge in [-0.1, -0.05) is 30.0 Å². The number of rotatable bonds is 6. The van der Waals surface area contributed by atoms with E-state index in [-0.39, 0.29) is 24.5 Å². The zero-order valence-corrected chi connectivity index (χ0v) is 14.2. The summed E-state index contributed by atoms with van der Waals surface area (Å²) >= 11 is 0.892. The highest BCUT2D eigenvalue weighted by molar-refractivity contribution is 8.15. The van der Waals surface area contributed by atoms with Crippen LogP contribution >= 0.6 is 11.8 Å². The summed E-state index contributed by atoms with van der Waals surface area (Å²) in [5.41, 5.74) is 1.19. The maximum atomic E-state index is 14.3. The number of halogens is 1. The smallest absolute Gasteiger partial charge is 0.307 e. The van der Waals surface area contributed by atoms with Gasteiger partial charge in [0, 0.05) is 0 Å². The Labute approximate surface area is 152 Å². The average Bonchev–Trinajstić information content (AvgIpc) is 2.88. The van der Waals surface area contributed by atoms with Crippen LogP contribution in [0.25, 0.3) is 0 Å². The highest BCUT2D eigenvalue weighted by Gasteiger charge is 2.31. The molecule has 2 aromatic carbocycles. The zero-order valence-electron chi connectivity index (χ0n) is 13.4. The number of carbonyl (C=O) groups is 3. The molecule has 2 aromatic rings. The molecule has 0 bridgehead atoms. The van der Waals surface area contributed by atoms with E-state index in [0.717, 1.165) is 11.8 Å². The van der Waals surface area contributed by atoms with Crippen molar-refractivity contribution in [1.82, 2.24) is 5.32 Å². The van der Waals surface area contributed by atoms with E-state index < -0.39 is 22.3 Å². The molecule has 1 heterocycles. The lowest BCUT2D eigenvalue weighted by molar-refractivity contribution is -0.136. The lowest BCUT2D eigenvalue weighted by atomic mass is 10.1. The van der Waals surface area contributed by atoms with Crippen LogP contribution in [0.15, 0.2) is 42.5 Å². The molecule has 26 heavy (non-hydrogen) atoms. The first-order valence-corrected chi connectivity index (χ1v) is 8.57. The monoisotopic (exact) mass is 375 g/mol. The van der Waals surface area contributed by atoms with Crippen LogP contribution in [0.3, 0.4) is 0 Å². The van der Waals surface area contributed by atoms with E-state index >= 15 is 0 Å². The predicted octanol–water partition coefficient (Wildman–Crippen LogP) is 3.14. The van der Waals surface area contributed by atoms with E-state index in [1.54, 1.807) is 30.3 Å². The van der Waals surface area contributed by atoms with E-state index in [1.165, 1.54) is 12.1 Å². The number of imide groups is 1. The van der Waals surface area contributed by atoms with Gasteiger partial charge in [0.2, 0.25) is 5.91 Å². The summed E-state index contributed by atoms with van der Waals surface area (Å²) in [4.78, 5) is 33.4. The average molecular weight is 375 g/mol. The molecule has 8 heteroatoms. The van der Waals surface area contributed by atoms with Gasteiger partial charge in [0.25, 0.3) is 5.24 Å². The van der Waals surface area contributed by atoms with Gasteiger partial charge in [0.05, 0.1) is 11.7 Å². The van der Waals surface area contributed by atoms with E-state index in [1.807, 2.05) is 0 Å². The third-order valence-electron chi connectivity index (χ3n) is 3.69. The number of amides is 2. The van der Waals surface area contributed by atoms with Gasteiger partial charge < -0.3 is 9.84 Å². The number of carboxylic acids is 1. The molecule has 1 aliphatic heterocycles. The maximum absolute atomic E-state index is 14.3. The second-order valence-corrected chi connectivity index (χ2v) is 6.84. The number of nitrogens with one attached hydrogen (secondary N) is 1. The Bertz CT molecular complexity index is 868. The summed E-state index contributed by atoms with van der Waals surface area (Å²) in [5.74, 6) is -1.51. The van der Waals surface area contributed by atoms with E-state index in [4.69, 9.17) is 9.84 Å². The molecule has 0 aromatic heterocycles. The van der Waals surface area contributed by atoms with Crippen LogP contribution in [0, 0.1) is 5.82 Å². The third-order valence-corrected chi connectivity index (χ3v) is 4.67. The topological polar surface area (TPSA) is 92.7 Å². The summed E-state index contributed by atoms with van der Waals surface area (Å²) in [6.45, 7) is 0. The van der Waals surface area contributed by atoms with Crippen molar-refractivity contribution in [3.63, 3.8) is 0 Å². The molecule has 0 radical (unpaired) electrons. The number of benzene rings is 2. The lowest BCUT2D eigenvalue weighted by Crippen LogP contribution is -2.25. The Morgan fingerprint density at radius 2 is 1.85 bits per heavy atom. The molecule has 6 nitrogen and oxygen atoms in total. The molecule has 1 aliphatic rings. The Morgan fingerprint density at radius 3 is 2.42 bits per heavy atom. The molecule has 0 aliphatic carbocycles. The van der Waals surface area contributed by atoms with Crippen LogP contribution < -0.4 is 10.1 Å². The fraction of sp³-hybridized carbons (Fsp3) is 0.167. The fourth-order valence-electron chi connectivity index (χ4n) is 2.47. The van der Waals surface area contributed by atoms with E-state index in [9.17, 15) is 18.8 Å². The molecular formula is C18H14FNO5S. The van der Waals surface area contributed by atoms with Gasteiger partial charge >= 0.3 is 5.97 Å². The molecule has 1 atom stereocenters. The van der Waals surface area contributed by atoms with Crippen molar-refractivity contribution in [3.05, 3.63) is 59.4 Å². The molecule has 3 rings (SSSR count). The third kappa shape index (κ3) is 4.40. The minimum absolute atomic E-state index is 0.0133. The molecule has 2 N–H and O–H groups in total. The van der Waals surface area contributed by atoms with Crippen molar-refractivity contribution in [2.75, 3.05) is 0 Å². The minimum atomic E-state index is -0.934. The number of ether oxygens (including phenoxy) is 1. The van der Waals surface area contributed by atoms with Gasteiger partial charge in [-0.3, -0.25) is 19.7 Å². The standard InChI is InChI=1S/C18H14FNO5S/c19-13-7-11(8-15-17(23)20-18(24)26-15)3-6-14(13)25-12-4-1-10(2-5-12)9-16(21)22/h1-7,15H,8-9H2,(H,21,22)(H,20,23,24). The first kappa shape index (κ1) is 17.9. The summed E-state index contributed by atoms with van der Waals surface area (Å²) < 4.78 is 19.7. The molecule has 0 saturated carbocycles. The van der Waals surface area contributed by atoms with Gasteiger partial charge in [-0.15, -0.1) is 0 Å². The second-order valence-electron chi connectivity index (χ2n) is 5.67. The Morgan fingerprint density at radius 1 is 1.15 bits per heavy atom. The molecule has 1 unspecified atom stereocenters. The SMILES string of the molecule is O=C(O)Cc1ccc(Oc2ccc(CC3SC(=O)NC3=O)cc2F)cc1. The number of carboxylic acid groups (broad SMARTS) is 1. The summed E-state index contributed by atoms with van der Waals surface area (Å²) in [6.07, 6.45) is 0.141. The first-order valence-electron chi connectivity index (χ1n) is 7.69. The van der Waals surface area contributed by atoms with Gasteiger partial charge in [0.1, 0.15) is 5.75 Å². The van der Waals surface area contributed by atoms with Gasteiger partial charge in [0.15, 0.2) is 11.6 Å². The van der Waals surface area contributed by atoms with Gasteiger partial charge in [-0.25, -0.2) is 4.39 Å². The molecule has 0 spiro atoms. The van der Waals surface area contributed by atoms with Crippen LogP contribution in [0.2, 0.25) is 0 Å². The number of hydrogen-bond acceptors (Lipinski definition) is 5. The summed E-state index contributed by atoms with van der Waals surface area (Å²) in [7, 11) is 0. The van der Waals surface area contributed by atoms with Crippen molar-refractivity contribution in [2.45, 2.75) is 18.1 Å². The number of aliphatic carboxylic acids is 1. The Hall–Kier alpha value is -2.87. The number of hydrogen-bond donors (Lipinski definition) is 2. The number of carbonyl (C=O) groups excluding carboxylic acids is 2. The molecule has 1 fully saturated rings. The van der Waals surface area contributed by atoms with E-state index in [2.05, 4.69) is 5.32 Å². The largest absolute Gasteiger partial charge is 0.481 e. The highest BCUT2D eigenvalue weighted by Crippen LogP contribution is 2.28. The van der Waals surface area contributed by atoms with Gasteiger partial charge in [-0.05, 0) is 41.8 Å². The van der Waals surface area contributed by atoms with Crippen molar-refractivity contribution in [2.24, 2.45) is 0 Å². The predicted molar refractivity (Wildman–Crippen MR) is 92.9 cm³/mol. The van der Waals surface area contributed by atoms with Crippen molar-refractivity contribution >= 4 is 28.9 Å². The van der Waals surface area contributed by atoms with Crippen LogP contribution in [-0.4, -0.2) is 27.5 Å². The molecule has 1 saturated heterocycles. The van der Waals surface area contributed by atoms with Crippen molar-refractivity contribution < 1.29 is 28.6 Å². The zero-order chi connectivity index (χ0) is 18.7. The molecule has 134 valence electrons. The van der Waals surface area contributed by atoms with Crippen molar-refractivity contribution in [3.8, 4) is 11.5 Å². The second kappa shape index (κ2) is 7.57.